The molecule has 1 atom stereocenters. The maximum Gasteiger partial charge on any atom is 0.172 e. The number of unbranched alkanes of at least 4 members (excludes halogenated alkanes) is 2. The van der Waals surface area contributed by atoms with Crippen LogP contribution in [-0.4, -0.2) is 19.5 Å². The molecule has 3 nitrogen and oxygen atoms in total. The summed E-state index contributed by atoms with van der Waals surface area (Å²) in [5, 5.41) is 8.81. The summed E-state index contributed by atoms with van der Waals surface area (Å²) in [6.07, 6.45) is 3.89. The van der Waals surface area contributed by atoms with E-state index in [-0.39, 0.29) is 12.2 Å². The van der Waals surface area contributed by atoms with Crippen LogP contribution in [0.5, 0.6) is 0 Å². The minimum Gasteiger partial charge on any atom is -0.351 e. The normalized spacial score (nSPS) is 12.7. The predicted octanol–water partition coefficient (Wildman–Crippen LogP) is 3.11. The SMILES string of the molecule is CCCCOC(OCCCC)C(C)C#N. The molecule has 0 amide bonds. The van der Waals surface area contributed by atoms with E-state index in [0.717, 1.165) is 25.7 Å². The van der Waals surface area contributed by atoms with Crippen molar-refractivity contribution in [3.8, 4) is 6.07 Å². The summed E-state index contributed by atoms with van der Waals surface area (Å²) < 4.78 is 11.1. The molecule has 0 heterocycles. The van der Waals surface area contributed by atoms with Crippen molar-refractivity contribution in [1.82, 2.24) is 0 Å². The van der Waals surface area contributed by atoms with Crippen molar-refractivity contribution in [3.05, 3.63) is 0 Å². The van der Waals surface area contributed by atoms with Gasteiger partial charge in [-0.1, -0.05) is 26.7 Å². The van der Waals surface area contributed by atoms with Gasteiger partial charge in [-0.2, -0.15) is 5.26 Å². The zero-order valence-corrected chi connectivity index (χ0v) is 10.2. The maximum absolute atomic E-state index is 8.81. The van der Waals surface area contributed by atoms with Gasteiger partial charge in [0.05, 0.1) is 12.0 Å². The first-order chi connectivity index (χ1) is 7.26. The maximum atomic E-state index is 8.81. The van der Waals surface area contributed by atoms with Gasteiger partial charge in [-0.15, -0.1) is 0 Å². The average Bonchev–Trinajstić information content (AvgIpc) is 2.26. The van der Waals surface area contributed by atoms with E-state index in [2.05, 4.69) is 19.9 Å². The van der Waals surface area contributed by atoms with Gasteiger partial charge < -0.3 is 9.47 Å². The highest BCUT2D eigenvalue weighted by Gasteiger charge is 2.17. The second-order valence-electron chi connectivity index (χ2n) is 3.73. The van der Waals surface area contributed by atoms with Crippen LogP contribution in [0.3, 0.4) is 0 Å². The summed E-state index contributed by atoms with van der Waals surface area (Å²) in [6.45, 7) is 7.43. The lowest BCUT2D eigenvalue weighted by molar-refractivity contribution is -0.160. The molecular formula is C12H23NO2. The van der Waals surface area contributed by atoms with E-state index in [4.69, 9.17) is 14.7 Å². The zero-order chi connectivity index (χ0) is 11.5. The molecule has 0 aliphatic rings. The number of hydrogen-bond acceptors (Lipinski definition) is 3. The smallest absolute Gasteiger partial charge is 0.172 e. The second-order valence-corrected chi connectivity index (χ2v) is 3.73. The largest absolute Gasteiger partial charge is 0.351 e. The second kappa shape index (κ2) is 9.95. The van der Waals surface area contributed by atoms with Crippen molar-refractivity contribution < 1.29 is 9.47 Å². The molecule has 3 heteroatoms. The Morgan fingerprint density at radius 1 is 1.07 bits per heavy atom. The highest BCUT2D eigenvalue weighted by molar-refractivity contribution is 4.81. The van der Waals surface area contributed by atoms with E-state index >= 15 is 0 Å². The minimum atomic E-state index is -0.354. The Labute approximate surface area is 93.4 Å². The predicted molar refractivity (Wildman–Crippen MR) is 60.3 cm³/mol. The van der Waals surface area contributed by atoms with E-state index < -0.39 is 0 Å². The van der Waals surface area contributed by atoms with Gasteiger partial charge in [0.1, 0.15) is 0 Å². The molecule has 0 rings (SSSR count). The van der Waals surface area contributed by atoms with Crippen molar-refractivity contribution in [2.24, 2.45) is 5.92 Å². The summed E-state index contributed by atoms with van der Waals surface area (Å²) in [6, 6.07) is 2.17. The molecular weight excluding hydrogens is 190 g/mol. The lowest BCUT2D eigenvalue weighted by Crippen LogP contribution is -2.25. The molecule has 0 saturated heterocycles. The first-order valence-electron chi connectivity index (χ1n) is 5.89. The van der Waals surface area contributed by atoms with Crippen LogP contribution in [0, 0.1) is 17.2 Å². The Morgan fingerprint density at radius 2 is 1.53 bits per heavy atom. The third-order valence-electron chi connectivity index (χ3n) is 2.17. The van der Waals surface area contributed by atoms with Gasteiger partial charge in [0, 0.05) is 13.2 Å². The Bertz CT molecular complexity index is 167. The molecule has 0 aliphatic carbocycles. The highest BCUT2D eigenvalue weighted by Crippen LogP contribution is 2.10. The number of ether oxygens (including phenoxy) is 2. The van der Waals surface area contributed by atoms with Gasteiger partial charge in [-0.05, 0) is 19.8 Å². The van der Waals surface area contributed by atoms with Gasteiger partial charge in [-0.25, -0.2) is 0 Å². The Hall–Kier alpha value is -0.590. The van der Waals surface area contributed by atoms with Gasteiger partial charge in [0.2, 0.25) is 0 Å². The number of hydrogen-bond donors (Lipinski definition) is 0. The molecule has 0 aromatic carbocycles. The summed E-state index contributed by atoms with van der Waals surface area (Å²) in [5.74, 6) is -0.196. The molecule has 0 fully saturated rings. The monoisotopic (exact) mass is 213 g/mol. The van der Waals surface area contributed by atoms with Crippen LogP contribution in [0.15, 0.2) is 0 Å². The summed E-state index contributed by atoms with van der Waals surface area (Å²) in [5.41, 5.74) is 0. The van der Waals surface area contributed by atoms with E-state index in [1.54, 1.807) is 0 Å². The Morgan fingerprint density at radius 3 is 1.87 bits per heavy atom. The summed E-state index contributed by atoms with van der Waals surface area (Å²) >= 11 is 0. The molecule has 1 unspecified atom stereocenters. The number of nitrogens with zero attached hydrogens (tertiary/aromatic N) is 1. The minimum absolute atomic E-state index is 0.196. The molecule has 15 heavy (non-hydrogen) atoms. The van der Waals surface area contributed by atoms with Crippen molar-refractivity contribution in [3.63, 3.8) is 0 Å². The van der Waals surface area contributed by atoms with E-state index in [9.17, 15) is 0 Å². The molecule has 88 valence electrons. The fraction of sp³-hybridized carbons (Fsp3) is 0.917. The topological polar surface area (TPSA) is 42.2 Å². The van der Waals surface area contributed by atoms with Gasteiger partial charge in [0.25, 0.3) is 0 Å². The van der Waals surface area contributed by atoms with Crippen LogP contribution in [-0.2, 0) is 9.47 Å². The molecule has 0 spiro atoms. The fourth-order valence-corrected chi connectivity index (χ4v) is 1.09. The van der Waals surface area contributed by atoms with Crippen LogP contribution in [0.2, 0.25) is 0 Å². The molecule has 0 N–H and O–H groups in total. The molecule has 0 aromatic heterocycles. The molecule has 0 aromatic rings. The standard InChI is InChI=1S/C12H23NO2/c1-4-6-8-14-12(11(3)10-13)15-9-7-5-2/h11-12H,4-9H2,1-3H3. The van der Waals surface area contributed by atoms with Crippen LogP contribution in [0.25, 0.3) is 0 Å². The number of nitriles is 1. The first-order valence-corrected chi connectivity index (χ1v) is 5.89. The van der Waals surface area contributed by atoms with E-state index in [1.165, 1.54) is 0 Å². The fourth-order valence-electron chi connectivity index (χ4n) is 1.09. The zero-order valence-electron chi connectivity index (χ0n) is 10.2. The average molecular weight is 213 g/mol. The molecule has 0 aliphatic heterocycles. The van der Waals surface area contributed by atoms with Crippen LogP contribution in [0.4, 0.5) is 0 Å². The molecule has 0 saturated carbocycles. The lowest BCUT2D eigenvalue weighted by Gasteiger charge is -2.20. The summed E-state index contributed by atoms with van der Waals surface area (Å²) in [4.78, 5) is 0. The van der Waals surface area contributed by atoms with Gasteiger partial charge in [0.15, 0.2) is 6.29 Å². The quantitative estimate of drug-likeness (QED) is 0.436. The van der Waals surface area contributed by atoms with Crippen molar-refractivity contribution in [2.45, 2.75) is 52.7 Å². The van der Waals surface area contributed by atoms with Crippen molar-refractivity contribution in [2.75, 3.05) is 13.2 Å². The Balaban J connectivity index is 3.80. The third-order valence-corrected chi connectivity index (χ3v) is 2.17. The van der Waals surface area contributed by atoms with Crippen molar-refractivity contribution in [1.29, 1.82) is 5.26 Å². The number of rotatable bonds is 9. The van der Waals surface area contributed by atoms with Crippen LogP contribution < -0.4 is 0 Å². The van der Waals surface area contributed by atoms with Gasteiger partial charge >= 0.3 is 0 Å². The first kappa shape index (κ1) is 14.4. The van der Waals surface area contributed by atoms with Crippen LogP contribution >= 0.6 is 0 Å². The van der Waals surface area contributed by atoms with Crippen molar-refractivity contribution >= 4 is 0 Å². The Kier molecular flexibility index (Phi) is 9.55. The van der Waals surface area contributed by atoms with E-state index in [0.29, 0.717) is 13.2 Å². The highest BCUT2D eigenvalue weighted by atomic mass is 16.7. The molecule has 0 bridgehead atoms. The third kappa shape index (κ3) is 7.35. The van der Waals surface area contributed by atoms with E-state index in [1.807, 2.05) is 6.92 Å². The summed E-state index contributed by atoms with van der Waals surface area (Å²) in [7, 11) is 0. The molecule has 0 radical (unpaired) electrons. The van der Waals surface area contributed by atoms with Crippen LogP contribution in [0.1, 0.15) is 46.5 Å². The lowest BCUT2D eigenvalue weighted by atomic mass is 10.2. The van der Waals surface area contributed by atoms with Gasteiger partial charge in [-0.3, -0.25) is 0 Å².